The predicted octanol–water partition coefficient (Wildman–Crippen LogP) is 5.65. The number of carbonyl (C=O) groups is 2. The van der Waals surface area contributed by atoms with Gasteiger partial charge in [-0.3, -0.25) is 9.69 Å². The van der Waals surface area contributed by atoms with E-state index < -0.39 is 6.09 Å². The van der Waals surface area contributed by atoms with Gasteiger partial charge in [-0.2, -0.15) is 0 Å². The molecular weight excluding hydrogens is 428 g/mol. The molecular formula is C28H30N2O4. The Balaban J connectivity index is 1.64. The Morgan fingerprint density at radius 1 is 0.971 bits per heavy atom. The maximum atomic E-state index is 13.5. The number of methoxy groups -OCH3 is 1. The first-order valence-corrected chi connectivity index (χ1v) is 11.5. The molecule has 0 bridgehead atoms. The number of amides is 2. The van der Waals surface area contributed by atoms with Crippen LogP contribution in [0.5, 0.6) is 5.75 Å². The van der Waals surface area contributed by atoms with Crippen molar-refractivity contribution < 1.29 is 19.4 Å². The van der Waals surface area contributed by atoms with Crippen LogP contribution < -0.4 is 4.74 Å². The zero-order valence-corrected chi connectivity index (χ0v) is 19.8. The van der Waals surface area contributed by atoms with E-state index in [2.05, 4.69) is 12.1 Å². The molecule has 0 radical (unpaired) electrons. The fraction of sp³-hybridized carbons (Fsp3) is 0.286. The zero-order valence-electron chi connectivity index (χ0n) is 19.8. The number of rotatable bonds is 7. The summed E-state index contributed by atoms with van der Waals surface area (Å²) in [6, 6.07) is 21.3. The van der Waals surface area contributed by atoms with Crippen molar-refractivity contribution in [2.45, 2.75) is 45.9 Å². The first-order chi connectivity index (χ1) is 16.4. The molecule has 3 aromatic carbocycles. The van der Waals surface area contributed by atoms with Crippen molar-refractivity contribution in [1.82, 2.24) is 9.80 Å². The van der Waals surface area contributed by atoms with Crippen molar-refractivity contribution in [1.29, 1.82) is 0 Å². The van der Waals surface area contributed by atoms with Crippen LogP contribution in [0.2, 0.25) is 0 Å². The van der Waals surface area contributed by atoms with E-state index in [0.717, 1.165) is 27.8 Å². The monoisotopic (exact) mass is 458 g/mol. The van der Waals surface area contributed by atoms with Gasteiger partial charge in [-0.15, -0.1) is 0 Å². The lowest BCUT2D eigenvalue weighted by molar-refractivity contribution is 0.0747. The Bertz CT molecular complexity index is 1170. The SMILES string of the molecule is COc1cc(CN(Cc2ccccc2)C(=O)O)c(C(C)C)cc1C(=O)N1Cc2ccccc2C1. The molecule has 3 aromatic rings. The van der Waals surface area contributed by atoms with Crippen LogP contribution in [0, 0.1) is 0 Å². The van der Waals surface area contributed by atoms with Crippen LogP contribution in [-0.4, -0.2) is 34.0 Å². The number of hydrogen-bond donors (Lipinski definition) is 1. The third-order valence-corrected chi connectivity index (χ3v) is 6.29. The molecule has 0 spiro atoms. The quantitative estimate of drug-likeness (QED) is 0.496. The van der Waals surface area contributed by atoms with Crippen molar-refractivity contribution in [2.24, 2.45) is 0 Å². The van der Waals surface area contributed by atoms with Crippen molar-refractivity contribution in [3.63, 3.8) is 0 Å². The first-order valence-electron chi connectivity index (χ1n) is 11.5. The Labute approximate surface area is 200 Å². The first kappa shape index (κ1) is 23.4. The summed E-state index contributed by atoms with van der Waals surface area (Å²) < 4.78 is 5.63. The van der Waals surface area contributed by atoms with Crippen LogP contribution in [0.4, 0.5) is 4.79 Å². The van der Waals surface area contributed by atoms with Gasteiger partial charge in [0.2, 0.25) is 0 Å². The Kier molecular flexibility index (Phi) is 6.87. The van der Waals surface area contributed by atoms with E-state index in [-0.39, 0.29) is 24.9 Å². The molecule has 2 amide bonds. The standard InChI is InChI=1S/C28H30N2O4/c1-19(2)24-14-25(27(31)29-16-21-11-7-8-12-22(21)17-29)26(34-3)13-23(24)18-30(28(32)33)15-20-9-5-4-6-10-20/h4-14,19H,15-18H2,1-3H3,(H,32,33). The molecule has 0 aliphatic carbocycles. The summed E-state index contributed by atoms with van der Waals surface area (Å²) in [6.45, 7) is 5.73. The van der Waals surface area contributed by atoms with E-state index in [1.54, 1.807) is 7.11 Å². The van der Waals surface area contributed by atoms with Crippen molar-refractivity contribution in [3.8, 4) is 5.75 Å². The number of fused-ring (bicyclic) bond motifs is 1. The molecule has 176 valence electrons. The Morgan fingerprint density at radius 3 is 2.15 bits per heavy atom. The summed E-state index contributed by atoms with van der Waals surface area (Å²) in [5.74, 6) is 0.488. The van der Waals surface area contributed by atoms with Crippen LogP contribution in [0.1, 0.15) is 57.9 Å². The second-order valence-corrected chi connectivity index (χ2v) is 8.96. The van der Waals surface area contributed by atoms with Gasteiger partial charge < -0.3 is 14.7 Å². The van der Waals surface area contributed by atoms with Crippen LogP contribution in [-0.2, 0) is 26.2 Å². The highest BCUT2D eigenvalue weighted by atomic mass is 16.5. The molecule has 0 fully saturated rings. The highest BCUT2D eigenvalue weighted by Crippen LogP contribution is 2.33. The fourth-order valence-electron chi connectivity index (χ4n) is 4.50. The molecule has 0 saturated carbocycles. The number of carbonyl (C=O) groups excluding carboxylic acids is 1. The molecule has 6 heteroatoms. The van der Waals surface area contributed by atoms with Crippen LogP contribution in [0.3, 0.4) is 0 Å². The minimum atomic E-state index is -0.993. The number of ether oxygens (including phenoxy) is 1. The lowest BCUT2D eigenvalue weighted by Crippen LogP contribution is -2.29. The van der Waals surface area contributed by atoms with Crippen molar-refractivity contribution in [3.05, 3.63) is 100 Å². The molecule has 0 saturated heterocycles. The molecule has 34 heavy (non-hydrogen) atoms. The van der Waals surface area contributed by atoms with E-state index in [1.807, 2.05) is 73.3 Å². The van der Waals surface area contributed by atoms with E-state index in [4.69, 9.17) is 4.74 Å². The minimum Gasteiger partial charge on any atom is -0.496 e. The van der Waals surface area contributed by atoms with E-state index in [1.165, 1.54) is 4.90 Å². The summed E-state index contributed by atoms with van der Waals surface area (Å²) in [5, 5.41) is 9.86. The predicted molar refractivity (Wildman–Crippen MR) is 131 cm³/mol. The summed E-state index contributed by atoms with van der Waals surface area (Å²) in [5.41, 5.74) is 5.53. The highest BCUT2D eigenvalue weighted by molar-refractivity contribution is 5.97. The van der Waals surface area contributed by atoms with Crippen molar-refractivity contribution >= 4 is 12.0 Å². The van der Waals surface area contributed by atoms with Gasteiger partial charge in [0, 0.05) is 26.2 Å². The van der Waals surface area contributed by atoms with Crippen molar-refractivity contribution in [2.75, 3.05) is 7.11 Å². The van der Waals surface area contributed by atoms with Crippen LogP contribution in [0.15, 0.2) is 66.7 Å². The summed E-state index contributed by atoms with van der Waals surface area (Å²) >= 11 is 0. The highest BCUT2D eigenvalue weighted by Gasteiger charge is 2.28. The second-order valence-electron chi connectivity index (χ2n) is 8.96. The molecule has 6 nitrogen and oxygen atoms in total. The van der Waals surface area contributed by atoms with Gasteiger partial charge in [0.25, 0.3) is 5.91 Å². The maximum absolute atomic E-state index is 13.5. The lowest BCUT2D eigenvalue weighted by atomic mass is 9.93. The number of hydrogen-bond acceptors (Lipinski definition) is 3. The number of nitrogens with zero attached hydrogens (tertiary/aromatic N) is 2. The zero-order chi connectivity index (χ0) is 24.2. The smallest absolute Gasteiger partial charge is 0.407 e. The van der Waals surface area contributed by atoms with Gasteiger partial charge in [-0.25, -0.2) is 4.79 Å². The average Bonchev–Trinajstić information content (AvgIpc) is 3.27. The van der Waals surface area contributed by atoms with E-state index >= 15 is 0 Å². The largest absolute Gasteiger partial charge is 0.496 e. The van der Waals surface area contributed by atoms with E-state index in [9.17, 15) is 14.7 Å². The molecule has 0 unspecified atom stereocenters. The van der Waals surface area contributed by atoms with Gasteiger partial charge in [0.15, 0.2) is 0 Å². The molecule has 1 heterocycles. The summed E-state index contributed by atoms with van der Waals surface area (Å²) in [6.07, 6.45) is -0.993. The van der Waals surface area contributed by atoms with E-state index in [0.29, 0.717) is 24.4 Å². The van der Waals surface area contributed by atoms with Gasteiger partial charge in [0.05, 0.1) is 12.7 Å². The molecule has 1 N–H and O–H groups in total. The van der Waals surface area contributed by atoms with Gasteiger partial charge in [-0.1, -0.05) is 68.4 Å². The number of carboxylic acid groups (broad SMARTS) is 1. The minimum absolute atomic E-state index is 0.0825. The summed E-state index contributed by atoms with van der Waals surface area (Å²) in [4.78, 5) is 28.7. The molecule has 1 aliphatic rings. The molecule has 4 rings (SSSR count). The Hall–Kier alpha value is -3.80. The fourth-order valence-corrected chi connectivity index (χ4v) is 4.50. The second kappa shape index (κ2) is 10.00. The van der Waals surface area contributed by atoms with Crippen LogP contribution >= 0.6 is 0 Å². The molecule has 0 aromatic heterocycles. The van der Waals surface area contributed by atoms with Gasteiger partial charge >= 0.3 is 6.09 Å². The maximum Gasteiger partial charge on any atom is 0.407 e. The molecule has 0 atom stereocenters. The van der Waals surface area contributed by atoms with Crippen LogP contribution in [0.25, 0.3) is 0 Å². The third-order valence-electron chi connectivity index (χ3n) is 6.29. The number of benzene rings is 3. The third kappa shape index (κ3) is 4.91. The average molecular weight is 459 g/mol. The lowest BCUT2D eigenvalue weighted by Gasteiger charge is -2.25. The van der Waals surface area contributed by atoms with Gasteiger partial charge in [-0.05, 0) is 45.9 Å². The Morgan fingerprint density at radius 2 is 1.59 bits per heavy atom. The molecule has 1 aliphatic heterocycles. The topological polar surface area (TPSA) is 70.1 Å². The van der Waals surface area contributed by atoms with Gasteiger partial charge in [0.1, 0.15) is 5.75 Å². The summed E-state index contributed by atoms with van der Waals surface area (Å²) in [7, 11) is 1.54. The normalized spacial score (nSPS) is 12.5.